The third-order valence-corrected chi connectivity index (χ3v) is 3.07. The Balaban J connectivity index is 2.20. The molecule has 0 fully saturated rings. The van der Waals surface area contributed by atoms with Crippen molar-refractivity contribution in [3.8, 4) is 0 Å². The van der Waals surface area contributed by atoms with Crippen LogP contribution in [0.25, 0.3) is 12.2 Å². The highest BCUT2D eigenvalue weighted by molar-refractivity contribution is 7.80. The van der Waals surface area contributed by atoms with Gasteiger partial charge in [-0.3, -0.25) is 0 Å². The lowest BCUT2D eigenvalue weighted by Gasteiger charge is -2.00. The van der Waals surface area contributed by atoms with Crippen LogP contribution in [-0.2, 0) is 0 Å². The maximum atomic E-state index is 5.19. The van der Waals surface area contributed by atoms with Crippen molar-refractivity contribution in [2.75, 3.05) is 0 Å². The second-order valence-electron chi connectivity index (χ2n) is 4.43. The molecule has 2 aromatic rings. The third kappa shape index (κ3) is 3.38. The summed E-state index contributed by atoms with van der Waals surface area (Å²) in [5.74, 6) is 0. The first-order valence-corrected chi connectivity index (χ1v) is 6.42. The van der Waals surface area contributed by atoms with Crippen LogP contribution in [0.1, 0.15) is 29.2 Å². The topological polar surface area (TPSA) is 0 Å². The first kappa shape index (κ1) is 12.7. The minimum atomic E-state index is 0.931. The Hall–Kier alpha value is -1.73. The van der Waals surface area contributed by atoms with Crippen molar-refractivity contribution in [2.24, 2.45) is 0 Å². The maximum Gasteiger partial charge on any atom is 0.0193 e. The van der Waals surface area contributed by atoms with Crippen LogP contribution < -0.4 is 0 Å². The number of hydrogen-bond acceptors (Lipinski definition) is 1. The van der Waals surface area contributed by atoms with Gasteiger partial charge < -0.3 is 0 Å². The molecule has 0 radical (unpaired) electrons. The van der Waals surface area contributed by atoms with Crippen molar-refractivity contribution in [2.45, 2.75) is 13.8 Å². The average molecular weight is 252 g/mol. The second kappa shape index (κ2) is 5.74. The molecule has 0 aromatic heterocycles. The van der Waals surface area contributed by atoms with Gasteiger partial charge in [0, 0.05) is 4.86 Å². The molecule has 2 aromatic carbocycles. The van der Waals surface area contributed by atoms with E-state index in [0.717, 1.165) is 10.4 Å². The van der Waals surface area contributed by atoms with Crippen LogP contribution in [0.2, 0.25) is 0 Å². The molecule has 2 rings (SSSR count). The molecular weight excluding hydrogens is 236 g/mol. The van der Waals surface area contributed by atoms with Crippen molar-refractivity contribution in [1.82, 2.24) is 0 Å². The summed E-state index contributed by atoms with van der Waals surface area (Å²) in [6, 6.07) is 16.8. The van der Waals surface area contributed by atoms with Gasteiger partial charge in [0.05, 0.1) is 0 Å². The fourth-order valence-electron chi connectivity index (χ4n) is 1.73. The van der Waals surface area contributed by atoms with Gasteiger partial charge in [-0.15, -0.1) is 0 Å². The molecule has 0 atom stereocenters. The van der Waals surface area contributed by atoms with Gasteiger partial charge in [0.25, 0.3) is 0 Å². The van der Waals surface area contributed by atoms with Gasteiger partial charge in [0.1, 0.15) is 0 Å². The van der Waals surface area contributed by atoms with Crippen LogP contribution >= 0.6 is 12.2 Å². The Kier molecular flexibility index (Phi) is 4.06. The normalized spacial score (nSPS) is 10.8. The molecule has 0 saturated heterocycles. The third-order valence-electron chi connectivity index (χ3n) is 2.84. The van der Waals surface area contributed by atoms with Crippen LogP contribution in [0, 0.1) is 6.92 Å². The van der Waals surface area contributed by atoms with E-state index in [1.54, 1.807) is 0 Å². The lowest BCUT2D eigenvalue weighted by molar-refractivity contribution is 1.46. The number of rotatable bonds is 3. The molecule has 0 bridgehead atoms. The average Bonchev–Trinajstić information content (AvgIpc) is 2.38. The van der Waals surface area contributed by atoms with E-state index >= 15 is 0 Å². The molecule has 0 aliphatic rings. The standard InChI is InChI=1S/C17H16S/c1-13-6-8-15(9-7-13)10-11-16-4-3-5-17(12-16)14(2)18/h3-12H,1-2H3/b11-10-. The van der Waals surface area contributed by atoms with Crippen LogP contribution in [0.3, 0.4) is 0 Å². The van der Waals surface area contributed by atoms with E-state index in [1.165, 1.54) is 16.7 Å². The van der Waals surface area contributed by atoms with E-state index in [2.05, 4.69) is 55.5 Å². The van der Waals surface area contributed by atoms with E-state index in [1.807, 2.05) is 19.1 Å². The number of aryl methyl sites for hydroxylation is 1. The highest BCUT2D eigenvalue weighted by atomic mass is 32.1. The lowest BCUT2D eigenvalue weighted by atomic mass is 10.1. The Morgan fingerprint density at radius 3 is 2.28 bits per heavy atom. The summed E-state index contributed by atoms with van der Waals surface area (Å²) in [5.41, 5.74) is 4.80. The molecule has 18 heavy (non-hydrogen) atoms. The predicted molar refractivity (Wildman–Crippen MR) is 83.9 cm³/mol. The molecule has 0 spiro atoms. The number of benzene rings is 2. The number of hydrogen-bond donors (Lipinski definition) is 0. The van der Waals surface area contributed by atoms with Crippen LogP contribution in [0.4, 0.5) is 0 Å². The van der Waals surface area contributed by atoms with Gasteiger partial charge >= 0.3 is 0 Å². The molecule has 0 heterocycles. The van der Waals surface area contributed by atoms with E-state index < -0.39 is 0 Å². The first-order valence-electron chi connectivity index (χ1n) is 6.01. The van der Waals surface area contributed by atoms with Gasteiger partial charge in [-0.1, -0.05) is 72.4 Å². The molecule has 0 amide bonds. The van der Waals surface area contributed by atoms with E-state index in [0.29, 0.717) is 0 Å². The van der Waals surface area contributed by atoms with E-state index in [9.17, 15) is 0 Å². The van der Waals surface area contributed by atoms with Crippen molar-refractivity contribution >= 4 is 29.2 Å². The molecule has 0 aliphatic carbocycles. The highest BCUT2D eigenvalue weighted by Gasteiger charge is 1.95. The van der Waals surface area contributed by atoms with Crippen molar-refractivity contribution in [3.05, 3.63) is 70.8 Å². The molecule has 0 aliphatic heterocycles. The summed E-state index contributed by atoms with van der Waals surface area (Å²) < 4.78 is 0. The highest BCUT2D eigenvalue weighted by Crippen LogP contribution is 2.12. The van der Waals surface area contributed by atoms with Gasteiger partial charge in [-0.2, -0.15) is 0 Å². The fourth-order valence-corrected chi connectivity index (χ4v) is 1.86. The maximum absolute atomic E-state index is 5.19. The number of thiocarbonyl (C=S) groups is 1. The minimum Gasteiger partial charge on any atom is -0.0846 e. The summed E-state index contributed by atoms with van der Waals surface area (Å²) in [5, 5.41) is 0. The van der Waals surface area contributed by atoms with Crippen LogP contribution in [-0.4, -0.2) is 4.86 Å². The van der Waals surface area contributed by atoms with Gasteiger partial charge in [-0.05, 0) is 36.6 Å². The second-order valence-corrected chi connectivity index (χ2v) is 5.04. The Labute approximate surface area is 114 Å². The Morgan fingerprint density at radius 2 is 1.61 bits per heavy atom. The minimum absolute atomic E-state index is 0.931. The molecule has 0 nitrogen and oxygen atoms in total. The monoisotopic (exact) mass is 252 g/mol. The molecule has 1 heteroatoms. The van der Waals surface area contributed by atoms with Crippen LogP contribution in [0.5, 0.6) is 0 Å². The summed E-state index contributed by atoms with van der Waals surface area (Å²) in [6.45, 7) is 4.05. The predicted octanol–water partition coefficient (Wildman–Crippen LogP) is 4.90. The van der Waals surface area contributed by atoms with Crippen LogP contribution in [0.15, 0.2) is 48.5 Å². The zero-order valence-corrected chi connectivity index (χ0v) is 11.5. The molecular formula is C17H16S. The van der Waals surface area contributed by atoms with Crippen molar-refractivity contribution in [3.63, 3.8) is 0 Å². The largest absolute Gasteiger partial charge is 0.0846 e. The van der Waals surface area contributed by atoms with Gasteiger partial charge in [0.2, 0.25) is 0 Å². The van der Waals surface area contributed by atoms with E-state index in [-0.39, 0.29) is 0 Å². The van der Waals surface area contributed by atoms with Gasteiger partial charge in [-0.25, -0.2) is 0 Å². The quantitative estimate of drug-likeness (QED) is 0.425. The SMILES string of the molecule is CC(=S)c1cccc(/C=C\c2ccc(C)cc2)c1. The smallest absolute Gasteiger partial charge is 0.0193 e. The van der Waals surface area contributed by atoms with E-state index in [4.69, 9.17) is 12.2 Å². The first-order chi connectivity index (χ1) is 8.65. The fraction of sp³-hybridized carbons (Fsp3) is 0.118. The van der Waals surface area contributed by atoms with Gasteiger partial charge in [0.15, 0.2) is 0 Å². The zero-order chi connectivity index (χ0) is 13.0. The molecule has 90 valence electrons. The summed E-state index contributed by atoms with van der Waals surface area (Å²) in [6.07, 6.45) is 4.24. The molecule has 0 N–H and O–H groups in total. The lowest BCUT2D eigenvalue weighted by Crippen LogP contribution is -1.89. The summed E-state index contributed by atoms with van der Waals surface area (Å²) in [4.78, 5) is 0.931. The molecule has 0 unspecified atom stereocenters. The van der Waals surface area contributed by atoms with Crippen molar-refractivity contribution < 1.29 is 0 Å². The zero-order valence-electron chi connectivity index (χ0n) is 10.7. The summed E-state index contributed by atoms with van der Waals surface area (Å²) >= 11 is 5.19. The summed E-state index contributed by atoms with van der Waals surface area (Å²) in [7, 11) is 0. The Bertz CT molecular complexity index is 577. The Morgan fingerprint density at radius 1 is 0.944 bits per heavy atom. The van der Waals surface area contributed by atoms with Crippen molar-refractivity contribution in [1.29, 1.82) is 0 Å². The molecule has 0 saturated carbocycles.